The third kappa shape index (κ3) is 7.61. The smallest absolute Gasteiger partial charge is 0.251 e. The van der Waals surface area contributed by atoms with Crippen LogP contribution in [-0.4, -0.2) is 74.0 Å². The van der Waals surface area contributed by atoms with E-state index in [-0.39, 0.29) is 5.91 Å². The van der Waals surface area contributed by atoms with Crippen LogP contribution in [0, 0.1) is 5.92 Å². The molecule has 2 aliphatic heterocycles. The summed E-state index contributed by atoms with van der Waals surface area (Å²) < 4.78 is 25.0. The molecule has 0 spiro atoms. The lowest BCUT2D eigenvalue weighted by atomic mass is 9.98. The molecule has 2 saturated heterocycles. The molecule has 2 aliphatic rings. The topological polar surface area (TPSA) is 73.0 Å². The molecular weight excluding hydrogens is 460 g/mol. The van der Waals surface area contributed by atoms with E-state index in [1.165, 1.54) is 29.0 Å². The molecule has 0 atom stereocenters. The zero-order valence-electron chi connectivity index (χ0n) is 20.9. The van der Waals surface area contributed by atoms with Crippen LogP contribution in [0.25, 0.3) is 0 Å². The summed E-state index contributed by atoms with van der Waals surface area (Å²) >= 11 is 0. The molecule has 0 unspecified atom stereocenters. The summed E-state index contributed by atoms with van der Waals surface area (Å²) in [7, 11) is -3.13. The fourth-order valence-electron chi connectivity index (χ4n) is 4.89. The van der Waals surface area contributed by atoms with Crippen molar-refractivity contribution < 1.29 is 13.2 Å². The van der Waals surface area contributed by atoms with E-state index >= 15 is 0 Å². The first-order chi connectivity index (χ1) is 16.8. The molecule has 8 heteroatoms. The minimum atomic E-state index is -3.13. The Labute approximate surface area is 210 Å². The Morgan fingerprint density at radius 3 is 2.09 bits per heavy atom. The lowest BCUT2D eigenvalue weighted by Crippen LogP contribution is -2.47. The number of nitrogens with zero attached hydrogens (tertiary/aromatic N) is 3. The molecule has 1 N–H and O–H groups in total. The number of carbonyl (C=O) groups excluding carboxylic acids is 1. The van der Waals surface area contributed by atoms with Gasteiger partial charge in [0.25, 0.3) is 5.91 Å². The van der Waals surface area contributed by atoms with Crippen LogP contribution < -0.4 is 5.32 Å². The Morgan fingerprint density at radius 1 is 0.857 bits per heavy atom. The summed E-state index contributed by atoms with van der Waals surface area (Å²) in [5.74, 6) is 0.751. The first-order valence-electron chi connectivity index (χ1n) is 12.6. The molecule has 7 nitrogen and oxygen atoms in total. The van der Waals surface area contributed by atoms with E-state index in [2.05, 4.69) is 46.3 Å². The van der Waals surface area contributed by atoms with E-state index in [4.69, 9.17) is 0 Å². The number of benzene rings is 2. The van der Waals surface area contributed by atoms with Crippen molar-refractivity contribution in [1.29, 1.82) is 0 Å². The fraction of sp³-hybridized carbons (Fsp3) is 0.519. The number of piperazine rings is 1. The van der Waals surface area contributed by atoms with Gasteiger partial charge in [0.1, 0.15) is 0 Å². The molecule has 0 radical (unpaired) electrons. The Kier molecular flexibility index (Phi) is 8.59. The summed E-state index contributed by atoms with van der Waals surface area (Å²) in [4.78, 5) is 17.6. The van der Waals surface area contributed by atoms with E-state index in [1.807, 2.05) is 24.3 Å². The predicted molar refractivity (Wildman–Crippen MR) is 139 cm³/mol. The van der Waals surface area contributed by atoms with Crippen molar-refractivity contribution in [3.05, 3.63) is 70.8 Å². The second-order valence-electron chi connectivity index (χ2n) is 10.1. The van der Waals surface area contributed by atoms with Crippen molar-refractivity contribution in [2.75, 3.05) is 45.5 Å². The second kappa shape index (κ2) is 11.6. The van der Waals surface area contributed by atoms with Crippen LogP contribution in [0.3, 0.4) is 0 Å². The predicted octanol–water partition coefficient (Wildman–Crippen LogP) is 2.93. The molecule has 0 aliphatic carbocycles. The quantitative estimate of drug-likeness (QED) is 0.606. The van der Waals surface area contributed by atoms with Crippen LogP contribution in [0.2, 0.25) is 0 Å². The van der Waals surface area contributed by atoms with Gasteiger partial charge in [-0.3, -0.25) is 14.6 Å². The van der Waals surface area contributed by atoms with Gasteiger partial charge in [0.05, 0.1) is 6.26 Å². The maximum Gasteiger partial charge on any atom is 0.251 e. The average Bonchev–Trinajstić information content (AvgIpc) is 2.84. The van der Waals surface area contributed by atoms with Crippen LogP contribution in [0.15, 0.2) is 48.5 Å². The third-order valence-electron chi connectivity index (χ3n) is 7.12. The molecule has 0 aromatic heterocycles. The number of nitrogens with one attached hydrogen (secondary N) is 1. The summed E-state index contributed by atoms with van der Waals surface area (Å²) in [5, 5.41) is 3.07. The molecule has 2 aromatic rings. The molecule has 0 bridgehead atoms. The van der Waals surface area contributed by atoms with E-state index in [0.717, 1.165) is 36.7 Å². The number of likely N-dealkylation sites (tertiary alicyclic amines) is 1. The number of piperidine rings is 1. The van der Waals surface area contributed by atoms with Gasteiger partial charge >= 0.3 is 0 Å². The van der Waals surface area contributed by atoms with Gasteiger partial charge in [0, 0.05) is 51.4 Å². The van der Waals surface area contributed by atoms with Crippen molar-refractivity contribution in [2.45, 2.75) is 39.4 Å². The second-order valence-corrected chi connectivity index (χ2v) is 12.1. The lowest BCUT2D eigenvalue weighted by Gasteiger charge is -2.33. The Balaban J connectivity index is 1.28. The van der Waals surface area contributed by atoms with Crippen molar-refractivity contribution in [2.24, 2.45) is 5.92 Å². The number of rotatable bonds is 8. The van der Waals surface area contributed by atoms with Crippen LogP contribution in [0.5, 0.6) is 0 Å². The van der Waals surface area contributed by atoms with Crippen molar-refractivity contribution in [3.63, 3.8) is 0 Å². The highest BCUT2D eigenvalue weighted by atomic mass is 32.2. The minimum absolute atomic E-state index is 0.0795. The van der Waals surface area contributed by atoms with E-state index < -0.39 is 10.0 Å². The highest BCUT2D eigenvalue weighted by molar-refractivity contribution is 7.88. The summed E-state index contributed by atoms with van der Waals surface area (Å²) in [5.41, 5.74) is 4.12. The van der Waals surface area contributed by atoms with Gasteiger partial charge < -0.3 is 5.32 Å². The third-order valence-corrected chi connectivity index (χ3v) is 8.43. The molecule has 2 aromatic carbocycles. The van der Waals surface area contributed by atoms with Crippen LogP contribution in [0.4, 0.5) is 0 Å². The molecule has 0 saturated carbocycles. The van der Waals surface area contributed by atoms with Gasteiger partial charge in [-0.15, -0.1) is 0 Å². The maximum absolute atomic E-state index is 12.8. The zero-order valence-corrected chi connectivity index (χ0v) is 21.8. The maximum atomic E-state index is 12.8. The lowest BCUT2D eigenvalue weighted by molar-refractivity contribution is 0.0950. The average molecular weight is 499 g/mol. The first kappa shape index (κ1) is 25.8. The van der Waals surface area contributed by atoms with Gasteiger partial charge in [-0.1, -0.05) is 43.3 Å². The highest BCUT2D eigenvalue weighted by Gasteiger charge is 2.23. The van der Waals surface area contributed by atoms with E-state index in [9.17, 15) is 13.2 Å². The molecule has 2 fully saturated rings. The molecule has 35 heavy (non-hydrogen) atoms. The molecule has 1 amide bonds. The van der Waals surface area contributed by atoms with Crippen LogP contribution in [0.1, 0.15) is 46.8 Å². The molecular formula is C27H38N4O3S. The standard InChI is InChI=1S/C27H38N4O3S/c1-22-9-11-29(12-10-22)20-24-6-3-5-23(17-24)19-28-27(32)26-8-4-7-25(18-26)21-30-13-15-31(16-14-30)35(2,33)34/h3-8,17-18,22H,9-16,19-21H2,1-2H3,(H,28,32). The zero-order chi connectivity index (χ0) is 24.8. The van der Waals surface area contributed by atoms with Gasteiger partial charge in [-0.25, -0.2) is 8.42 Å². The van der Waals surface area contributed by atoms with Gasteiger partial charge in [-0.05, 0) is 60.7 Å². The number of hydrogen-bond acceptors (Lipinski definition) is 5. The largest absolute Gasteiger partial charge is 0.348 e. The molecule has 190 valence electrons. The monoisotopic (exact) mass is 498 g/mol. The summed E-state index contributed by atoms with van der Waals surface area (Å²) in [6, 6.07) is 16.2. The molecule has 2 heterocycles. The summed E-state index contributed by atoms with van der Waals surface area (Å²) in [6.07, 6.45) is 3.80. The fourth-order valence-corrected chi connectivity index (χ4v) is 5.72. The van der Waals surface area contributed by atoms with Crippen LogP contribution in [-0.2, 0) is 29.7 Å². The molecule has 4 rings (SSSR count). The Bertz CT molecular complexity index is 1100. The SMILES string of the molecule is CC1CCN(Cc2cccc(CNC(=O)c3cccc(CN4CCN(S(C)(=O)=O)CC4)c3)c2)CC1. The van der Waals surface area contributed by atoms with E-state index in [1.54, 1.807) is 0 Å². The number of amides is 1. The van der Waals surface area contributed by atoms with Crippen molar-refractivity contribution in [1.82, 2.24) is 19.4 Å². The van der Waals surface area contributed by atoms with E-state index in [0.29, 0.717) is 44.8 Å². The van der Waals surface area contributed by atoms with Gasteiger partial charge in [0.15, 0.2) is 0 Å². The van der Waals surface area contributed by atoms with Crippen LogP contribution >= 0.6 is 0 Å². The van der Waals surface area contributed by atoms with Gasteiger partial charge in [0.2, 0.25) is 10.0 Å². The number of sulfonamides is 1. The Morgan fingerprint density at radius 2 is 1.43 bits per heavy atom. The number of hydrogen-bond donors (Lipinski definition) is 1. The first-order valence-corrected chi connectivity index (χ1v) is 14.5. The summed E-state index contributed by atoms with van der Waals surface area (Å²) in [6.45, 7) is 9.22. The Hall–Kier alpha value is -2.26. The number of carbonyl (C=O) groups is 1. The van der Waals surface area contributed by atoms with Gasteiger partial charge in [-0.2, -0.15) is 4.31 Å². The van der Waals surface area contributed by atoms with Crippen molar-refractivity contribution >= 4 is 15.9 Å². The highest BCUT2D eigenvalue weighted by Crippen LogP contribution is 2.19. The minimum Gasteiger partial charge on any atom is -0.348 e. The van der Waals surface area contributed by atoms with Crippen molar-refractivity contribution in [3.8, 4) is 0 Å². The normalized spacial score (nSPS) is 19.0.